The number of likely N-dealkylation sites (N-methyl/N-ethyl adjacent to an activating group) is 2. The fraction of sp³-hybridized carbons (Fsp3) is 0.412. The first-order valence-corrected chi connectivity index (χ1v) is 15.1. The third-order valence-corrected chi connectivity index (χ3v) is 8.70. The zero-order valence-corrected chi connectivity index (χ0v) is 25.1. The van der Waals surface area contributed by atoms with E-state index in [1.54, 1.807) is 0 Å². The minimum atomic E-state index is -0.101. The molecule has 2 atom stereocenters. The van der Waals surface area contributed by atoms with Gasteiger partial charge in [0.15, 0.2) is 0 Å². The number of halogens is 1. The fourth-order valence-corrected chi connectivity index (χ4v) is 6.60. The van der Waals surface area contributed by atoms with Crippen LogP contribution in [-0.2, 0) is 9.59 Å². The summed E-state index contributed by atoms with van der Waals surface area (Å²) in [6.45, 7) is 3.64. The highest BCUT2D eigenvalue weighted by molar-refractivity contribution is 6.31. The molecule has 1 aliphatic carbocycles. The molecule has 5 rings (SSSR count). The second-order valence-corrected chi connectivity index (χ2v) is 12.0. The van der Waals surface area contributed by atoms with Crippen molar-refractivity contribution in [1.82, 2.24) is 19.6 Å². The molecule has 7 heteroatoms. The number of amides is 2. The Labute approximate surface area is 249 Å². The third kappa shape index (κ3) is 6.44. The summed E-state index contributed by atoms with van der Waals surface area (Å²) in [5.74, 6) is 0.115. The van der Waals surface area contributed by atoms with Gasteiger partial charge in [-0.25, -0.2) is 0 Å². The van der Waals surface area contributed by atoms with E-state index in [1.165, 1.54) is 0 Å². The van der Waals surface area contributed by atoms with E-state index >= 15 is 0 Å². The number of carbonyl (C=O) groups excluding carboxylic acids is 2. The second kappa shape index (κ2) is 13.1. The second-order valence-electron chi connectivity index (χ2n) is 11.5. The Kier molecular flexibility index (Phi) is 9.31. The lowest BCUT2D eigenvalue weighted by molar-refractivity contribution is -0.128. The van der Waals surface area contributed by atoms with Gasteiger partial charge in [0.2, 0.25) is 5.91 Å². The molecule has 2 aromatic carbocycles. The molecule has 0 aromatic heterocycles. The first-order chi connectivity index (χ1) is 19.8. The van der Waals surface area contributed by atoms with Crippen molar-refractivity contribution in [2.75, 3.05) is 53.9 Å². The van der Waals surface area contributed by atoms with Crippen LogP contribution in [0.3, 0.4) is 0 Å². The number of benzene rings is 2. The largest absolute Gasteiger partial charge is 0.358 e. The van der Waals surface area contributed by atoms with Crippen LogP contribution in [0.5, 0.6) is 0 Å². The van der Waals surface area contributed by atoms with Gasteiger partial charge in [0.25, 0.3) is 5.91 Å². The first kappa shape index (κ1) is 29.2. The maximum Gasteiger partial charge on any atom is 0.269 e. The normalized spacial score (nSPS) is 20.3. The predicted molar refractivity (Wildman–Crippen MR) is 165 cm³/mol. The Balaban J connectivity index is 1.58. The number of hydrogen-bond acceptors (Lipinski definition) is 4. The van der Waals surface area contributed by atoms with Gasteiger partial charge in [-0.15, -0.1) is 0 Å². The zero-order chi connectivity index (χ0) is 28.9. The number of rotatable bonds is 11. The minimum absolute atomic E-state index is 0.0111. The van der Waals surface area contributed by atoms with Crippen molar-refractivity contribution >= 4 is 23.4 Å². The topological polar surface area (TPSA) is 47.1 Å². The fourth-order valence-electron chi connectivity index (χ4n) is 6.39. The van der Waals surface area contributed by atoms with Crippen LogP contribution in [0, 0.1) is 5.92 Å². The Morgan fingerprint density at radius 3 is 2.22 bits per heavy atom. The molecule has 0 spiro atoms. The standard InChI is InChI=1S/C34H41ClN4O2/c1-36(2)22-23-39-29-18-17-27(35)24-28(29)32(31(25-12-6-4-7-13-25)26-14-8-5-9-15-26)33(39)34(41)37(3)19-11-21-38-20-10-16-30(38)40/h4-9,12-15,17-18,24,28-29,31H,10-11,16,19-23H2,1-3H3. The molecule has 1 saturated heterocycles. The molecule has 3 aliphatic rings. The summed E-state index contributed by atoms with van der Waals surface area (Å²) in [6, 6.07) is 21.0. The maximum absolute atomic E-state index is 14.5. The van der Waals surface area contributed by atoms with E-state index in [1.807, 2.05) is 35.1 Å². The van der Waals surface area contributed by atoms with Crippen LogP contribution in [0.25, 0.3) is 0 Å². The number of fused-ring (bicyclic) bond motifs is 1. The van der Waals surface area contributed by atoms with Gasteiger partial charge in [-0.1, -0.05) is 84.4 Å². The molecule has 0 radical (unpaired) electrons. The molecule has 0 N–H and O–H groups in total. The van der Waals surface area contributed by atoms with E-state index in [0.717, 1.165) is 54.9 Å². The van der Waals surface area contributed by atoms with Gasteiger partial charge in [0, 0.05) is 63.1 Å². The molecule has 6 nitrogen and oxygen atoms in total. The summed E-state index contributed by atoms with van der Waals surface area (Å²) in [5.41, 5.74) is 4.18. The average Bonchev–Trinajstić information content (AvgIpc) is 3.52. The van der Waals surface area contributed by atoms with Crippen molar-refractivity contribution < 1.29 is 9.59 Å². The third-order valence-electron chi connectivity index (χ3n) is 8.45. The Morgan fingerprint density at radius 1 is 0.976 bits per heavy atom. The number of likely N-dealkylation sites (tertiary alicyclic amines) is 1. The van der Waals surface area contributed by atoms with Crippen LogP contribution < -0.4 is 0 Å². The van der Waals surface area contributed by atoms with Crippen molar-refractivity contribution in [2.24, 2.45) is 5.92 Å². The lowest BCUT2D eigenvalue weighted by atomic mass is 9.76. The molecule has 2 heterocycles. The Morgan fingerprint density at radius 2 is 1.63 bits per heavy atom. The van der Waals surface area contributed by atoms with Gasteiger partial charge >= 0.3 is 0 Å². The van der Waals surface area contributed by atoms with Crippen molar-refractivity contribution in [1.29, 1.82) is 0 Å². The van der Waals surface area contributed by atoms with E-state index in [9.17, 15) is 9.59 Å². The summed E-state index contributed by atoms with van der Waals surface area (Å²) in [5, 5.41) is 0.702. The van der Waals surface area contributed by atoms with E-state index in [-0.39, 0.29) is 29.7 Å². The average molecular weight is 573 g/mol. The summed E-state index contributed by atoms with van der Waals surface area (Å²) in [7, 11) is 6.02. The summed E-state index contributed by atoms with van der Waals surface area (Å²) >= 11 is 6.65. The maximum atomic E-state index is 14.5. The molecule has 0 saturated carbocycles. The van der Waals surface area contributed by atoms with E-state index in [0.29, 0.717) is 24.5 Å². The van der Waals surface area contributed by atoms with Gasteiger partial charge in [-0.3, -0.25) is 9.59 Å². The van der Waals surface area contributed by atoms with Gasteiger partial charge in [-0.05, 0) is 49.7 Å². The van der Waals surface area contributed by atoms with E-state index < -0.39 is 0 Å². The highest BCUT2D eigenvalue weighted by atomic mass is 35.5. The number of nitrogens with zero attached hydrogens (tertiary/aromatic N) is 4. The molecule has 216 valence electrons. The number of hydrogen-bond donors (Lipinski definition) is 0. The smallest absolute Gasteiger partial charge is 0.269 e. The minimum Gasteiger partial charge on any atom is -0.358 e. The van der Waals surface area contributed by atoms with E-state index in [4.69, 9.17) is 11.6 Å². The van der Waals surface area contributed by atoms with Crippen LogP contribution in [0.1, 0.15) is 36.3 Å². The van der Waals surface area contributed by atoms with Crippen LogP contribution in [0.4, 0.5) is 0 Å². The van der Waals surface area contributed by atoms with Crippen LogP contribution in [0.2, 0.25) is 0 Å². The molecular weight excluding hydrogens is 532 g/mol. The molecule has 2 unspecified atom stereocenters. The summed E-state index contributed by atoms with van der Waals surface area (Å²) < 4.78 is 0. The Bertz CT molecular complexity index is 1280. The first-order valence-electron chi connectivity index (χ1n) is 14.7. The lowest BCUT2D eigenvalue weighted by Crippen LogP contribution is -2.42. The quantitative estimate of drug-likeness (QED) is 0.376. The molecular formula is C34H41ClN4O2. The number of carbonyl (C=O) groups is 2. The predicted octanol–water partition coefficient (Wildman–Crippen LogP) is 5.10. The van der Waals surface area contributed by atoms with Crippen LogP contribution in [-0.4, -0.2) is 91.3 Å². The zero-order valence-electron chi connectivity index (χ0n) is 24.4. The monoisotopic (exact) mass is 572 g/mol. The van der Waals surface area contributed by atoms with Crippen LogP contribution in [0.15, 0.2) is 95.2 Å². The lowest BCUT2D eigenvalue weighted by Gasteiger charge is -2.33. The van der Waals surface area contributed by atoms with Crippen LogP contribution >= 0.6 is 11.6 Å². The van der Waals surface area contributed by atoms with Crippen molar-refractivity contribution in [3.8, 4) is 0 Å². The van der Waals surface area contributed by atoms with Crippen molar-refractivity contribution in [3.05, 3.63) is 106 Å². The summed E-state index contributed by atoms with van der Waals surface area (Å²) in [4.78, 5) is 34.9. The van der Waals surface area contributed by atoms with Gasteiger partial charge in [-0.2, -0.15) is 0 Å². The molecule has 1 fully saturated rings. The molecule has 2 amide bonds. The number of allylic oxidation sites excluding steroid dienone is 2. The van der Waals surface area contributed by atoms with E-state index in [2.05, 4.69) is 84.6 Å². The van der Waals surface area contributed by atoms with Gasteiger partial charge < -0.3 is 19.6 Å². The Hall–Kier alpha value is -3.35. The molecule has 0 bridgehead atoms. The summed E-state index contributed by atoms with van der Waals surface area (Å²) in [6.07, 6.45) is 8.58. The van der Waals surface area contributed by atoms with Crippen molar-refractivity contribution in [3.63, 3.8) is 0 Å². The van der Waals surface area contributed by atoms with Gasteiger partial charge in [0.1, 0.15) is 5.70 Å². The highest BCUT2D eigenvalue weighted by Gasteiger charge is 2.46. The highest BCUT2D eigenvalue weighted by Crippen LogP contribution is 2.48. The molecule has 41 heavy (non-hydrogen) atoms. The molecule has 2 aliphatic heterocycles. The van der Waals surface area contributed by atoms with Gasteiger partial charge in [0.05, 0.1) is 6.04 Å². The molecule has 2 aromatic rings. The van der Waals surface area contributed by atoms with Crippen molar-refractivity contribution in [2.45, 2.75) is 31.2 Å². The SMILES string of the molecule is CN(C)CCN1C(C(=O)N(C)CCCN2CCCC2=O)=C(C(c2ccccc2)c2ccccc2)C2C=C(Cl)C=CC21.